The van der Waals surface area contributed by atoms with Crippen LogP contribution in [0.3, 0.4) is 0 Å². The molecule has 0 aliphatic heterocycles. The Morgan fingerprint density at radius 2 is 1.67 bits per heavy atom. The second-order valence-electron chi connectivity index (χ2n) is 4.03. The number of hydrogen-bond donors (Lipinski definition) is 2. The lowest BCUT2D eigenvalue weighted by atomic mass is 9.97. The van der Waals surface area contributed by atoms with Gasteiger partial charge in [-0.2, -0.15) is 13.2 Å². The molecular weight excluding hydrogens is 207 g/mol. The van der Waals surface area contributed by atoms with Crippen LogP contribution in [0.15, 0.2) is 0 Å². The fourth-order valence-electron chi connectivity index (χ4n) is 1.28. The summed E-state index contributed by atoms with van der Waals surface area (Å²) in [5.41, 5.74) is -0.889. The maximum Gasteiger partial charge on any atom is 0.390 e. The molecule has 0 amide bonds. The maximum atomic E-state index is 12.0. The van der Waals surface area contributed by atoms with Gasteiger partial charge in [-0.1, -0.05) is 13.8 Å². The van der Waals surface area contributed by atoms with E-state index in [2.05, 4.69) is 5.32 Å². The molecule has 0 aliphatic carbocycles. The first-order valence-corrected chi connectivity index (χ1v) is 5.25. The number of nitrogens with one attached hydrogen (secondary N) is 1. The van der Waals surface area contributed by atoms with Gasteiger partial charge in [-0.05, 0) is 19.8 Å². The average Bonchev–Trinajstić information content (AvgIpc) is 2.12. The molecule has 5 heteroatoms. The monoisotopic (exact) mass is 227 g/mol. The highest BCUT2D eigenvalue weighted by Crippen LogP contribution is 2.22. The van der Waals surface area contributed by atoms with Gasteiger partial charge in [-0.25, -0.2) is 0 Å². The van der Waals surface area contributed by atoms with Crippen molar-refractivity contribution in [3.8, 4) is 0 Å². The van der Waals surface area contributed by atoms with Gasteiger partial charge < -0.3 is 10.4 Å². The van der Waals surface area contributed by atoms with Crippen LogP contribution in [-0.4, -0.2) is 29.5 Å². The van der Waals surface area contributed by atoms with E-state index in [-0.39, 0.29) is 6.54 Å². The van der Waals surface area contributed by atoms with Gasteiger partial charge in [-0.3, -0.25) is 0 Å². The standard InChI is InChI=1S/C10H20F3NO/c1-4-9(15,5-2)7-14-8(3)6-10(11,12)13/h8,14-15H,4-7H2,1-3H3. The predicted molar refractivity (Wildman–Crippen MR) is 53.7 cm³/mol. The van der Waals surface area contributed by atoms with Crippen molar-refractivity contribution in [2.75, 3.05) is 6.54 Å². The van der Waals surface area contributed by atoms with E-state index in [1.807, 2.05) is 13.8 Å². The number of aliphatic hydroxyl groups is 1. The molecule has 0 fully saturated rings. The predicted octanol–water partition coefficient (Wildman–Crippen LogP) is 2.47. The van der Waals surface area contributed by atoms with Gasteiger partial charge in [0.15, 0.2) is 0 Å². The van der Waals surface area contributed by atoms with E-state index in [0.717, 1.165) is 0 Å². The highest BCUT2D eigenvalue weighted by molar-refractivity contribution is 4.79. The second-order valence-corrected chi connectivity index (χ2v) is 4.03. The van der Waals surface area contributed by atoms with Crippen LogP contribution >= 0.6 is 0 Å². The van der Waals surface area contributed by atoms with Crippen LogP contribution in [0.4, 0.5) is 13.2 Å². The number of halogens is 3. The molecule has 0 radical (unpaired) electrons. The normalized spacial score (nSPS) is 15.4. The molecular formula is C10H20F3NO. The van der Waals surface area contributed by atoms with Gasteiger partial charge in [0.1, 0.15) is 0 Å². The first-order chi connectivity index (χ1) is 6.72. The van der Waals surface area contributed by atoms with Crippen LogP contribution in [0, 0.1) is 0 Å². The van der Waals surface area contributed by atoms with E-state index in [1.54, 1.807) is 0 Å². The van der Waals surface area contributed by atoms with Crippen molar-refractivity contribution in [2.45, 2.75) is 57.9 Å². The van der Waals surface area contributed by atoms with Gasteiger partial charge in [0.05, 0.1) is 12.0 Å². The molecule has 1 atom stereocenters. The minimum absolute atomic E-state index is 0.206. The third-order valence-electron chi connectivity index (χ3n) is 2.63. The summed E-state index contributed by atoms with van der Waals surface area (Å²) in [6, 6.07) is -0.658. The smallest absolute Gasteiger partial charge is 0.389 e. The molecule has 0 spiro atoms. The van der Waals surface area contributed by atoms with Crippen LogP contribution < -0.4 is 5.32 Å². The summed E-state index contributed by atoms with van der Waals surface area (Å²) in [4.78, 5) is 0. The third-order valence-corrected chi connectivity index (χ3v) is 2.63. The first kappa shape index (κ1) is 14.7. The van der Waals surface area contributed by atoms with Gasteiger partial charge in [0.25, 0.3) is 0 Å². The van der Waals surface area contributed by atoms with E-state index in [9.17, 15) is 18.3 Å². The molecule has 0 saturated carbocycles. The largest absolute Gasteiger partial charge is 0.390 e. The molecule has 0 aromatic carbocycles. The SMILES string of the molecule is CCC(O)(CC)CNC(C)CC(F)(F)F. The summed E-state index contributed by atoms with van der Waals surface area (Å²) in [5, 5.41) is 12.5. The van der Waals surface area contributed by atoms with Crippen molar-refractivity contribution >= 4 is 0 Å². The van der Waals surface area contributed by atoms with Crippen molar-refractivity contribution in [3.63, 3.8) is 0 Å². The highest BCUT2D eigenvalue weighted by atomic mass is 19.4. The lowest BCUT2D eigenvalue weighted by Crippen LogP contribution is -2.44. The summed E-state index contributed by atoms with van der Waals surface area (Å²) in [7, 11) is 0. The third kappa shape index (κ3) is 6.73. The summed E-state index contributed by atoms with van der Waals surface area (Å²) < 4.78 is 36.0. The van der Waals surface area contributed by atoms with Crippen LogP contribution in [-0.2, 0) is 0 Å². The molecule has 2 nitrogen and oxygen atoms in total. The van der Waals surface area contributed by atoms with Crippen molar-refractivity contribution in [3.05, 3.63) is 0 Å². The summed E-state index contributed by atoms with van der Waals surface area (Å²) in [6.45, 7) is 5.32. The number of hydrogen-bond acceptors (Lipinski definition) is 2. The molecule has 0 rings (SSSR count). The molecule has 1 unspecified atom stereocenters. The summed E-state index contributed by atoms with van der Waals surface area (Å²) in [6.07, 6.45) is -3.94. The Hall–Kier alpha value is -0.290. The maximum absolute atomic E-state index is 12.0. The second kappa shape index (κ2) is 5.70. The van der Waals surface area contributed by atoms with Crippen molar-refractivity contribution in [1.82, 2.24) is 5.32 Å². The Kier molecular flexibility index (Phi) is 5.59. The molecule has 0 aromatic heterocycles. The highest BCUT2D eigenvalue weighted by Gasteiger charge is 2.31. The Morgan fingerprint density at radius 3 is 2.00 bits per heavy atom. The quantitative estimate of drug-likeness (QED) is 0.730. The van der Waals surface area contributed by atoms with E-state index < -0.39 is 24.2 Å². The zero-order chi connectivity index (χ0) is 12.1. The van der Waals surface area contributed by atoms with Gasteiger partial charge in [-0.15, -0.1) is 0 Å². The van der Waals surface area contributed by atoms with Crippen LogP contribution in [0.25, 0.3) is 0 Å². The number of alkyl halides is 3. The molecule has 15 heavy (non-hydrogen) atoms. The minimum Gasteiger partial charge on any atom is -0.389 e. The molecule has 0 aromatic rings. The van der Waals surface area contributed by atoms with Crippen LogP contribution in [0.1, 0.15) is 40.0 Å². The Morgan fingerprint density at radius 1 is 1.20 bits per heavy atom. The lowest BCUT2D eigenvalue weighted by Gasteiger charge is -2.27. The van der Waals surface area contributed by atoms with E-state index in [1.165, 1.54) is 6.92 Å². The Labute approximate surface area is 88.9 Å². The zero-order valence-electron chi connectivity index (χ0n) is 9.49. The van der Waals surface area contributed by atoms with Gasteiger partial charge in [0.2, 0.25) is 0 Å². The van der Waals surface area contributed by atoms with E-state index >= 15 is 0 Å². The van der Waals surface area contributed by atoms with Crippen molar-refractivity contribution < 1.29 is 18.3 Å². The first-order valence-electron chi connectivity index (χ1n) is 5.25. The molecule has 0 heterocycles. The van der Waals surface area contributed by atoms with Gasteiger partial charge >= 0.3 is 6.18 Å². The molecule has 0 bridgehead atoms. The van der Waals surface area contributed by atoms with Crippen LogP contribution in [0.2, 0.25) is 0 Å². The topological polar surface area (TPSA) is 32.3 Å². The van der Waals surface area contributed by atoms with Crippen LogP contribution in [0.5, 0.6) is 0 Å². The van der Waals surface area contributed by atoms with Gasteiger partial charge in [0, 0.05) is 12.6 Å². The Bertz CT molecular complexity index is 178. The van der Waals surface area contributed by atoms with Crippen molar-refractivity contribution in [1.29, 1.82) is 0 Å². The molecule has 0 saturated heterocycles. The Balaban J connectivity index is 3.94. The fourth-order valence-corrected chi connectivity index (χ4v) is 1.28. The number of rotatable bonds is 6. The summed E-state index contributed by atoms with van der Waals surface area (Å²) >= 11 is 0. The van der Waals surface area contributed by atoms with E-state index in [4.69, 9.17) is 0 Å². The lowest BCUT2D eigenvalue weighted by molar-refractivity contribution is -0.139. The minimum atomic E-state index is -4.15. The molecule has 0 aliphatic rings. The average molecular weight is 227 g/mol. The van der Waals surface area contributed by atoms with E-state index in [0.29, 0.717) is 12.8 Å². The molecule has 2 N–H and O–H groups in total. The summed E-state index contributed by atoms with van der Waals surface area (Å²) in [5.74, 6) is 0. The molecule has 92 valence electrons. The fraction of sp³-hybridized carbons (Fsp3) is 1.00. The zero-order valence-corrected chi connectivity index (χ0v) is 9.49. The van der Waals surface area contributed by atoms with Crippen molar-refractivity contribution in [2.24, 2.45) is 0 Å².